The van der Waals surface area contributed by atoms with Crippen LogP contribution in [0.4, 0.5) is 0 Å². The Labute approximate surface area is 130 Å². The Balaban J connectivity index is 1.53. The Bertz CT molecular complexity index is 546. The molecule has 3 rings (SSSR count). The minimum absolute atomic E-state index is 0.0890. The van der Waals surface area contributed by atoms with E-state index < -0.39 is 0 Å². The quantitative estimate of drug-likeness (QED) is 0.778. The highest BCUT2D eigenvalue weighted by Crippen LogP contribution is 2.26. The van der Waals surface area contributed by atoms with Crippen LogP contribution in [0.3, 0.4) is 0 Å². The van der Waals surface area contributed by atoms with Crippen LogP contribution in [0, 0.1) is 0 Å². The first-order valence-corrected chi connectivity index (χ1v) is 7.97. The zero-order valence-electron chi connectivity index (χ0n) is 12.9. The molecule has 0 saturated carbocycles. The number of fused-ring (bicyclic) bond motifs is 1. The fourth-order valence-corrected chi connectivity index (χ4v) is 3.29. The molecule has 22 heavy (non-hydrogen) atoms. The van der Waals surface area contributed by atoms with E-state index in [9.17, 15) is 9.59 Å². The number of hydrogen-bond acceptors (Lipinski definition) is 3. The molecule has 118 valence electrons. The standard InChI is InChI=1S/C17H22N2O3/c1-13-16(20)19-10-5-9-15(19)17(21)18(13)11-6-12-22-14-7-3-2-4-8-14/h2-4,7-8,13,15H,5-6,9-12H2,1H3/t13-,15-/m0/s1. The molecule has 0 aliphatic carbocycles. The molecule has 5 nitrogen and oxygen atoms in total. The lowest BCUT2D eigenvalue weighted by atomic mass is 10.1. The summed E-state index contributed by atoms with van der Waals surface area (Å²) in [4.78, 5) is 28.3. The van der Waals surface area contributed by atoms with Gasteiger partial charge in [-0.25, -0.2) is 0 Å². The molecule has 0 radical (unpaired) electrons. The number of rotatable bonds is 5. The van der Waals surface area contributed by atoms with Crippen molar-refractivity contribution in [2.24, 2.45) is 0 Å². The molecule has 2 aliphatic rings. The minimum Gasteiger partial charge on any atom is -0.494 e. The molecule has 2 amide bonds. The van der Waals surface area contributed by atoms with Gasteiger partial charge in [-0.2, -0.15) is 0 Å². The van der Waals surface area contributed by atoms with Crippen molar-refractivity contribution in [2.45, 2.75) is 38.3 Å². The van der Waals surface area contributed by atoms with Crippen molar-refractivity contribution in [3.05, 3.63) is 30.3 Å². The molecule has 1 aromatic rings. The van der Waals surface area contributed by atoms with Crippen molar-refractivity contribution >= 4 is 11.8 Å². The lowest BCUT2D eigenvalue weighted by molar-refractivity contribution is -0.158. The molecular weight excluding hydrogens is 280 g/mol. The lowest BCUT2D eigenvalue weighted by Gasteiger charge is -2.40. The van der Waals surface area contributed by atoms with Crippen molar-refractivity contribution < 1.29 is 14.3 Å². The molecule has 0 bridgehead atoms. The van der Waals surface area contributed by atoms with E-state index in [4.69, 9.17) is 4.74 Å². The van der Waals surface area contributed by atoms with E-state index in [1.54, 1.807) is 9.80 Å². The van der Waals surface area contributed by atoms with E-state index in [0.29, 0.717) is 13.2 Å². The van der Waals surface area contributed by atoms with E-state index in [0.717, 1.165) is 31.6 Å². The van der Waals surface area contributed by atoms with Crippen LogP contribution < -0.4 is 4.74 Å². The smallest absolute Gasteiger partial charge is 0.246 e. The van der Waals surface area contributed by atoms with Gasteiger partial charge in [-0.3, -0.25) is 9.59 Å². The topological polar surface area (TPSA) is 49.9 Å². The van der Waals surface area contributed by atoms with Gasteiger partial charge in [0, 0.05) is 13.1 Å². The van der Waals surface area contributed by atoms with E-state index >= 15 is 0 Å². The maximum Gasteiger partial charge on any atom is 0.246 e. The van der Waals surface area contributed by atoms with Crippen LogP contribution in [0.2, 0.25) is 0 Å². The number of benzene rings is 1. The van der Waals surface area contributed by atoms with Crippen LogP contribution in [0.15, 0.2) is 30.3 Å². The Kier molecular flexibility index (Phi) is 4.32. The summed E-state index contributed by atoms with van der Waals surface area (Å²) in [5.41, 5.74) is 0. The predicted octanol–water partition coefficient (Wildman–Crippen LogP) is 1.68. The Hall–Kier alpha value is -2.04. The van der Waals surface area contributed by atoms with E-state index in [-0.39, 0.29) is 23.9 Å². The minimum atomic E-state index is -0.349. The number of nitrogens with zero attached hydrogens (tertiary/aromatic N) is 2. The molecule has 2 aliphatic heterocycles. The monoisotopic (exact) mass is 302 g/mol. The number of amides is 2. The van der Waals surface area contributed by atoms with E-state index in [2.05, 4.69) is 0 Å². The highest BCUT2D eigenvalue weighted by Gasteiger charge is 2.45. The van der Waals surface area contributed by atoms with Crippen LogP contribution in [-0.2, 0) is 9.59 Å². The van der Waals surface area contributed by atoms with E-state index in [1.165, 1.54) is 0 Å². The number of ether oxygens (including phenoxy) is 1. The number of hydrogen-bond donors (Lipinski definition) is 0. The van der Waals surface area contributed by atoms with Crippen molar-refractivity contribution in [3.8, 4) is 5.75 Å². The largest absolute Gasteiger partial charge is 0.494 e. The summed E-state index contributed by atoms with van der Waals surface area (Å²) in [5, 5.41) is 0. The molecule has 0 aromatic heterocycles. The Morgan fingerprint density at radius 2 is 1.95 bits per heavy atom. The molecule has 2 fully saturated rings. The normalized spacial score (nSPS) is 24.6. The van der Waals surface area contributed by atoms with E-state index in [1.807, 2.05) is 37.3 Å². The third-order valence-corrected chi connectivity index (χ3v) is 4.48. The first-order valence-electron chi connectivity index (χ1n) is 7.97. The molecule has 0 N–H and O–H groups in total. The zero-order valence-corrected chi connectivity index (χ0v) is 12.9. The number of carbonyl (C=O) groups is 2. The molecule has 2 saturated heterocycles. The number of piperazine rings is 1. The molecule has 0 spiro atoms. The van der Waals surface area contributed by atoms with Gasteiger partial charge in [0.1, 0.15) is 17.8 Å². The van der Waals surface area contributed by atoms with Crippen molar-refractivity contribution in [1.29, 1.82) is 0 Å². The summed E-state index contributed by atoms with van der Waals surface area (Å²) < 4.78 is 5.65. The fraction of sp³-hybridized carbons (Fsp3) is 0.529. The maximum absolute atomic E-state index is 12.5. The second-order valence-corrected chi connectivity index (χ2v) is 5.91. The van der Waals surface area contributed by atoms with Gasteiger partial charge in [-0.15, -0.1) is 0 Å². The van der Waals surface area contributed by atoms with Crippen LogP contribution in [0.5, 0.6) is 5.75 Å². The fourth-order valence-electron chi connectivity index (χ4n) is 3.29. The maximum atomic E-state index is 12.5. The number of carbonyl (C=O) groups excluding carboxylic acids is 2. The summed E-state index contributed by atoms with van der Waals surface area (Å²) in [6.45, 7) is 3.67. The average molecular weight is 302 g/mol. The van der Waals surface area contributed by atoms with Gasteiger partial charge >= 0.3 is 0 Å². The van der Waals surface area contributed by atoms with Gasteiger partial charge in [-0.1, -0.05) is 18.2 Å². The van der Waals surface area contributed by atoms with Crippen LogP contribution >= 0.6 is 0 Å². The summed E-state index contributed by atoms with van der Waals surface area (Å²) in [6.07, 6.45) is 2.46. The van der Waals surface area contributed by atoms with Gasteiger partial charge in [0.15, 0.2) is 0 Å². The van der Waals surface area contributed by atoms with Gasteiger partial charge in [0.25, 0.3) is 0 Å². The first kappa shape index (κ1) is 14.9. The molecule has 2 heterocycles. The summed E-state index contributed by atoms with van der Waals surface area (Å²) in [7, 11) is 0. The SMILES string of the molecule is C[C@H]1C(=O)N2CCC[C@H]2C(=O)N1CCCOc1ccccc1. The Morgan fingerprint density at radius 3 is 2.73 bits per heavy atom. The van der Waals surface area contributed by atoms with Crippen LogP contribution in [0.25, 0.3) is 0 Å². The molecule has 5 heteroatoms. The van der Waals surface area contributed by atoms with Crippen molar-refractivity contribution in [1.82, 2.24) is 9.80 Å². The average Bonchev–Trinajstić information content (AvgIpc) is 3.03. The molecular formula is C17H22N2O3. The summed E-state index contributed by atoms with van der Waals surface area (Å²) in [6, 6.07) is 9.05. The Morgan fingerprint density at radius 1 is 1.18 bits per heavy atom. The third-order valence-electron chi connectivity index (χ3n) is 4.48. The second-order valence-electron chi connectivity index (χ2n) is 5.91. The lowest BCUT2D eigenvalue weighted by Crippen LogP contribution is -2.61. The molecule has 0 unspecified atom stereocenters. The number of para-hydroxylation sites is 1. The zero-order chi connectivity index (χ0) is 15.5. The van der Waals surface area contributed by atoms with Crippen molar-refractivity contribution in [3.63, 3.8) is 0 Å². The molecule has 1 aromatic carbocycles. The van der Waals surface area contributed by atoms with Gasteiger partial charge < -0.3 is 14.5 Å². The van der Waals surface area contributed by atoms with Gasteiger partial charge in [0.2, 0.25) is 11.8 Å². The predicted molar refractivity (Wildman–Crippen MR) is 82.5 cm³/mol. The van der Waals surface area contributed by atoms with Gasteiger partial charge in [0.05, 0.1) is 6.61 Å². The van der Waals surface area contributed by atoms with Crippen LogP contribution in [0.1, 0.15) is 26.2 Å². The summed E-state index contributed by atoms with van der Waals surface area (Å²) in [5.74, 6) is 1.02. The first-order chi connectivity index (χ1) is 10.7. The second kappa shape index (κ2) is 6.38. The summed E-state index contributed by atoms with van der Waals surface area (Å²) >= 11 is 0. The molecule has 2 atom stereocenters. The van der Waals surface area contributed by atoms with Crippen molar-refractivity contribution in [2.75, 3.05) is 19.7 Å². The van der Waals surface area contributed by atoms with Crippen LogP contribution in [-0.4, -0.2) is 53.4 Å². The highest BCUT2D eigenvalue weighted by atomic mass is 16.5. The van der Waals surface area contributed by atoms with Gasteiger partial charge in [-0.05, 0) is 38.3 Å². The highest BCUT2D eigenvalue weighted by molar-refractivity contribution is 5.97. The third kappa shape index (κ3) is 2.80.